The lowest BCUT2D eigenvalue weighted by molar-refractivity contribution is -0.119. The predicted octanol–water partition coefficient (Wildman–Crippen LogP) is 4.88. The molecule has 1 saturated heterocycles. The molecule has 1 amide bonds. The summed E-state index contributed by atoms with van der Waals surface area (Å²) in [5.74, 6) is 1.32. The molecule has 9 heteroatoms. The van der Waals surface area contributed by atoms with E-state index in [1.807, 2.05) is 37.3 Å². The van der Waals surface area contributed by atoms with Gasteiger partial charge in [0.1, 0.15) is 23.4 Å². The van der Waals surface area contributed by atoms with Gasteiger partial charge in [0.05, 0.1) is 11.2 Å². The van der Waals surface area contributed by atoms with Crippen molar-refractivity contribution in [1.29, 1.82) is 0 Å². The number of rotatable bonds is 8. The standard InChI is InChI=1S/C30H36N6O3/c1-4-23(16-17-24(5-2)39-25-14-10-9-11-15-25)35-26-27(31)32-21-33-28(26)36(29(35)38)30(3)18-12-7-6-8-13-19-34(20-30)22-37/h4-5,9-11,14-17,21-22H,1-2,6-8,12-13,18-20H2,3H3,(H2,31,32,33)/b23-16+,24-17+. The molecule has 0 saturated carbocycles. The highest BCUT2D eigenvalue weighted by Gasteiger charge is 2.35. The van der Waals surface area contributed by atoms with Crippen LogP contribution in [-0.4, -0.2) is 43.5 Å². The summed E-state index contributed by atoms with van der Waals surface area (Å²) in [5, 5.41) is 0. The number of nitrogens with zero attached hydrogens (tertiary/aromatic N) is 5. The second-order valence-corrected chi connectivity index (χ2v) is 9.96. The molecule has 2 N–H and O–H groups in total. The third kappa shape index (κ3) is 6.03. The van der Waals surface area contributed by atoms with Gasteiger partial charge >= 0.3 is 5.69 Å². The van der Waals surface area contributed by atoms with E-state index in [1.54, 1.807) is 33.8 Å². The normalized spacial score (nSPS) is 19.5. The highest BCUT2D eigenvalue weighted by molar-refractivity contribution is 5.87. The Labute approximate surface area is 228 Å². The molecule has 39 heavy (non-hydrogen) atoms. The third-order valence-corrected chi connectivity index (χ3v) is 7.11. The predicted molar refractivity (Wildman–Crippen MR) is 155 cm³/mol. The van der Waals surface area contributed by atoms with Crippen LogP contribution in [-0.2, 0) is 10.3 Å². The van der Waals surface area contributed by atoms with Gasteiger partial charge in [0.25, 0.3) is 0 Å². The fourth-order valence-electron chi connectivity index (χ4n) is 5.16. The Balaban J connectivity index is 1.86. The summed E-state index contributed by atoms with van der Waals surface area (Å²) in [4.78, 5) is 36.6. The van der Waals surface area contributed by atoms with E-state index in [0.29, 0.717) is 47.9 Å². The number of hydrogen-bond acceptors (Lipinski definition) is 6. The molecular formula is C30H36N6O3. The smallest absolute Gasteiger partial charge is 0.335 e. The number of allylic oxidation sites excluding steroid dienone is 5. The van der Waals surface area contributed by atoms with E-state index >= 15 is 0 Å². The van der Waals surface area contributed by atoms with Crippen molar-refractivity contribution in [2.45, 2.75) is 51.0 Å². The minimum Gasteiger partial charge on any atom is -0.457 e. The van der Waals surface area contributed by atoms with E-state index in [-0.39, 0.29) is 11.5 Å². The summed E-state index contributed by atoms with van der Waals surface area (Å²) < 4.78 is 9.06. The van der Waals surface area contributed by atoms with Crippen LogP contribution in [0.4, 0.5) is 5.82 Å². The van der Waals surface area contributed by atoms with Gasteiger partial charge in [0.2, 0.25) is 6.41 Å². The number of nitrogen functional groups attached to an aromatic ring is 1. The number of hydrogen-bond donors (Lipinski definition) is 1. The summed E-state index contributed by atoms with van der Waals surface area (Å²) in [6.45, 7) is 10.8. The Bertz CT molecular complexity index is 1450. The van der Waals surface area contributed by atoms with Crippen molar-refractivity contribution in [3.8, 4) is 5.75 Å². The molecule has 1 aliphatic heterocycles. The Kier molecular flexibility index (Phi) is 8.81. The zero-order chi connectivity index (χ0) is 27.8. The first-order chi connectivity index (χ1) is 18.9. The molecule has 4 rings (SSSR count). The minimum absolute atomic E-state index is 0.174. The quantitative estimate of drug-likeness (QED) is 0.254. The lowest BCUT2D eigenvalue weighted by Crippen LogP contribution is -2.48. The number of benzene rings is 1. The Hall–Kier alpha value is -4.40. The lowest BCUT2D eigenvalue weighted by atomic mass is 9.91. The van der Waals surface area contributed by atoms with Crippen molar-refractivity contribution in [3.05, 3.63) is 90.4 Å². The summed E-state index contributed by atoms with van der Waals surface area (Å²) in [6.07, 6.45) is 14.7. The second-order valence-electron chi connectivity index (χ2n) is 9.96. The number of carbonyl (C=O) groups is 1. The number of ether oxygens (including phenoxy) is 1. The van der Waals surface area contributed by atoms with E-state index < -0.39 is 5.54 Å². The van der Waals surface area contributed by atoms with Gasteiger partial charge in [-0.1, -0.05) is 57.0 Å². The van der Waals surface area contributed by atoms with Crippen molar-refractivity contribution < 1.29 is 9.53 Å². The minimum atomic E-state index is -0.704. The third-order valence-electron chi connectivity index (χ3n) is 7.11. The first-order valence-corrected chi connectivity index (χ1v) is 13.3. The summed E-state index contributed by atoms with van der Waals surface area (Å²) in [5.41, 5.74) is 6.58. The first kappa shape index (κ1) is 27.6. The average Bonchev–Trinajstić information content (AvgIpc) is 3.25. The van der Waals surface area contributed by atoms with E-state index in [9.17, 15) is 9.59 Å². The molecule has 1 aliphatic rings. The molecule has 1 unspecified atom stereocenters. The second kappa shape index (κ2) is 12.4. The number of para-hydroxylation sites is 1. The van der Waals surface area contributed by atoms with E-state index in [0.717, 1.165) is 38.5 Å². The number of anilines is 1. The molecule has 0 spiro atoms. The van der Waals surface area contributed by atoms with Gasteiger partial charge in [-0.05, 0) is 56.2 Å². The molecule has 0 radical (unpaired) electrons. The van der Waals surface area contributed by atoms with Crippen molar-refractivity contribution in [3.63, 3.8) is 0 Å². The Morgan fingerprint density at radius 1 is 1.05 bits per heavy atom. The number of aromatic nitrogens is 4. The molecule has 2 aromatic heterocycles. The van der Waals surface area contributed by atoms with Gasteiger partial charge in [-0.25, -0.2) is 14.8 Å². The Morgan fingerprint density at radius 2 is 1.79 bits per heavy atom. The van der Waals surface area contributed by atoms with Gasteiger partial charge in [0, 0.05) is 13.1 Å². The van der Waals surface area contributed by atoms with Crippen LogP contribution in [0.3, 0.4) is 0 Å². The molecule has 1 fully saturated rings. The van der Waals surface area contributed by atoms with Crippen LogP contribution in [0, 0.1) is 0 Å². The van der Waals surface area contributed by atoms with Crippen molar-refractivity contribution in [2.75, 3.05) is 18.8 Å². The van der Waals surface area contributed by atoms with Crippen LogP contribution < -0.4 is 16.2 Å². The van der Waals surface area contributed by atoms with Gasteiger partial charge in [0.15, 0.2) is 11.5 Å². The molecular weight excluding hydrogens is 492 g/mol. The van der Waals surface area contributed by atoms with Crippen LogP contribution in [0.25, 0.3) is 16.9 Å². The SMILES string of the molecule is C=C/C(=C\C=C(/C=C)n1c(=O)n(C2(C)CCCCCCCN(C=O)C2)c2ncnc(N)c21)Oc1ccccc1. The monoisotopic (exact) mass is 528 g/mol. The van der Waals surface area contributed by atoms with Gasteiger partial charge in [-0.3, -0.25) is 13.9 Å². The molecule has 1 atom stereocenters. The zero-order valence-electron chi connectivity index (χ0n) is 22.5. The summed E-state index contributed by atoms with van der Waals surface area (Å²) in [7, 11) is 0. The van der Waals surface area contributed by atoms with E-state index in [1.165, 1.54) is 10.9 Å². The number of nitrogens with two attached hydrogens (primary N) is 1. The van der Waals surface area contributed by atoms with Crippen LogP contribution in [0.15, 0.2) is 84.7 Å². The van der Waals surface area contributed by atoms with E-state index in [4.69, 9.17) is 10.5 Å². The van der Waals surface area contributed by atoms with E-state index in [2.05, 4.69) is 23.1 Å². The Morgan fingerprint density at radius 3 is 2.51 bits per heavy atom. The summed E-state index contributed by atoms with van der Waals surface area (Å²) in [6, 6.07) is 9.35. The zero-order valence-corrected chi connectivity index (χ0v) is 22.5. The van der Waals surface area contributed by atoms with Crippen molar-refractivity contribution in [1.82, 2.24) is 24.0 Å². The molecule has 3 heterocycles. The largest absolute Gasteiger partial charge is 0.457 e. The fraction of sp³-hybridized carbons (Fsp3) is 0.333. The van der Waals surface area contributed by atoms with Crippen LogP contribution >= 0.6 is 0 Å². The molecule has 1 aromatic carbocycles. The van der Waals surface area contributed by atoms with Crippen molar-refractivity contribution >= 4 is 29.1 Å². The highest BCUT2D eigenvalue weighted by Crippen LogP contribution is 2.31. The highest BCUT2D eigenvalue weighted by atomic mass is 16.5. The molecule has 204 valence electrons. The van der Waals surface area contributed by atoms with Gasteiger partial charge < -0.3 is 15.4 Å². The molecule has 0 aliphatic carbocycles. The number of carbonyl (C=O) groups excluding carboxylic acids is 1. The topological polar surface area (TPSA) is 108 Å². The fourth-order valence-corrected chi connectivity index (χ4v) is 5.16. The first-order valence-electron chi connectivity index (χ1n) is 13.3. The van der Waals surface area contributed by atoms with Crippen LogP contribution in [0.1, 0.15) is 45.4 Å². The maximum Gasteiger partial charge on any atom is 0.335 e. The maximum atomic E-state index is 14.2. The lowest BCUT2D eigenvalue weighted by Gasteiger charge is -2.35. The van der Waals surface area contributed by atoms with Gasteiger partial charge in [-0.2, -0.15) is 0 Å². The van der Waals surface area contributed by atoms with Gasteiger partial charge in [-0.15, -0.1) is 0 Å². The van der Waals surface area contributed by atoms with Crippen LogP contribution in [0.2, 0.25) is 0 Å². The number of fused-ring (bicyclic) bond motifs is 1. The number of imidazole rings is 1. The van der Waals surface area contributed by atoms with Crippen LogP contribution in [0.5, 0.6) is 5.75 Å². The molecule has 9 nitrogen and oxygen atoms in total. The van der Waals surface area contributed by atoms with Crippen molar-refractivity contribution in [2.24, 2.45) is 0 Å². The average molecular weight is 529 g/mol. The maximum absolute atomic E-state index is 14.2. The molecule has 3 aromatic rings. The molecule has 0 bridgehead atoms. The summed E-state index contributed by atoms with van der Waals surface area (Å²) >= 11 is 0. The number of amides is 1.